The van der Waals surface area contributed by atoms with Gasteiger partial charge in [-0.1, -0.05) is 12.1 Å². The highest BCUT2D eigenvalue weighted by atomic mass is 32.2. The normalized spacial score (nSPS) is 12.4. The van der Waals surface area contributed by atoms with Crippen molar-refractivity contribution in [2.75, 3.05) is 7.05 Å². The molecule has 0 spiro atoms. The standard InChI is InChI=1S/C12H20N2O2S/c1-9(2)14(4)17(15,16)12-6-5-11(8-13)7-10(12)3/h5-7,9H,8,13H2,1-4H3. The predicted molar refractivity (Wildman–Crippen MR) is 69.2 cm³/mol. The highest BCUT2D eigenvalue weighted by molar-refractivity contribution is 7.89. The van der Waals surface area contributed by atoms with Gasteiger partial charge in [-0.25, -0.2) is 8.42 Å². The van der Waals surface area contributed by atoms with Gasteiger partial charge in [0, 0.05) is 19.6 Å². The molecule has 4 nitrogen and oxygen atoms in total. The molecule has 0 aliphatic rings. The van der Waals surface area contributed by atoms with E-state index < -0.39 is 10.0 Å². The number of hydrogen-bond donors (Lipinski definition) is 1. The van der Waals surface area contributed by atoms with Gasteiger partial charge in [-0.05, 0) is 38.0 Å². The van der Waals surface area contributed by atoms with E-state index >= 15 is 0 Å². The Morgan fingerprint density at radius 1 is 1.35 bits per heavy atom. The lowest BCUT2D eigenvalue weighted by Crippen LogP contribution is -2.33. The molecule has 0 radical (unpaired) electrons. The Morgan fingerprint density at radius 3 is 2.35 bits per heavy atom. The van der Waals surface area contributed by atoms with Crippen molar-refractivity contribution in [1.29, 1.82) is 0 Å². The van der Waals surface area contributed by atoms with Gasteiger partial charge in [0.15, 0.2) is 0 Å². The van der Waals surface area contributed by atoms with Crippen molar-refractivity contribution in [2.24, 2.45) is 5.73 Å². The molecule has 0 atom stereocenters. The predicted octanol–water partition coefficient (Wildman–Crippen LogP) is 1.48. The number of benzene rings is 1. The lowest BCUT2D eigenvalue weighted by atomic mass is 10.1. The van der Waals surface area contributed by atoms with Crippen molar-refractivity contribution in [1.82, 2.24) is 4.31 Å². The number of sulfonamides is 1. The molecule has 1 aromatic rings. The Bertz CT molecular complexity index is 495. The lowest BCUT2D eigenvalue weighted by molar-refractivity contribution is 0.410. The van der Waals surface area contributed by atoms with Crippen LogP contribution in [0.4, 0.5) is 0 Å². The fraction of sp³-hybridized carbons (Fsp3) is 0.500. The molecule has 96 valence electrons. The van der Waals surface area contributed by atoms with E-state index in [0.717, 1.165) is 11.1 Å². The molecule has 0 fully saturated rings. The molecule has 17 heavy (non-hydrogen) atoms. The molecule has 0 heterocycles. The number of rotatable bonds is 4. The fourth-order valence-corrected chi connectivity index (χ4v) is 3.13. The second-order valence-corrected chi connectivity index (χ2v) is 6.38. The van der Waals surface area contributed by atoms with Crippen molar-refractivity contribution in [3.05, 3.63) is 29.3 Å². The van der Waals surface area contributed by atoms with E-state index in [9.17, 15) is 8.42 Å². The Labute approximate surface area is 103 Å². The highest BCUT2D eigenvalue weighted by Crippen LogP contribution is 2.21. The summed E-state index contributed by atoms with van der Waals surface area (Å²) >= 11 is 0. The molecule has 0 aromatic heterocycles. The van der Waals surface area contributed by atoms with Gasteiger partial charge in [0.05, 0.1) is 4.90 Å². The SMILES string of the molecule is Cc1cc(CN)ccc1S(=O)(=O)N(C)C(C)C. The minimum absolute atomic E-state index is 0.0615. The number of nitrogens with two attached hydrogens (primary N) is 1. The molecule has 1 aromatic carbocycles. The van der Waals surface area contributed by atoms with Gasteiger partial charge < -0.3 is 5.73 Å². The van der Waals surface area contributed by atoms with Gasteiger partial charge in [0.25, 0.3) is 0 Å². The largest absolute Gasteiger partial charge is 0.326 e. The zero-order chi connectivity index (χ0) is 13.2. The van der Waals surface area contributed by atoms with Crippen LogP contribution in [-0.4, -0.2) is 25.8 Å². The molecule has 0 saturated heterocycles. The van der Waals surface area contributed by atoms with E-state index in [-0.39, 0.29) is 6.04 Å². The van der Waals surface area contributed by atoms with Crippen molar-refractivity contribution in [3.63, 3.8) is 0 Å². The Balaban J connectivity index is 3.25. The zero-order valence-electron chi connectivity index (χ0n) is 10.8. The molecular weight excluding hydrogens is 236 g/mol. The first kappa shape index (κ1) is 14.2. The summed E-state index contributed by atoms with van der Waals surface area (Å²) in [4.78, 5) is 0.353. The zero-order valence-corrected chi connectivity index (χ0v) is 11.6. The minimum Gasteiger partial charge on any atom is -0.326 e. The Morgan fingerprint density at radius 2 is 1.94 bits per heavy atom. The summed E-state index contributed by atoms with van der Waals surface area (Å²) in [6, 6.07) is 5.15. The van der Waals surface area contributed by atoms with Crippen LogP contribution in [0.3, 0.4) is 0 Å². The van der Waals surface area contributed by atoms with Gasteiger partial charge in [0.1, 0.15) is 0 Å². The summed E-state index contributed by atoms with van der Waals surface area (Å²) in [6.45, 7) is 5.91. The average Bonchev–Trinajstić information content (AvgIpc) is 2.27. The Hall–Kier alpha value is -0.910. The first-order valence-electron chi connectivity index (χ1n) is 5.58. The first-order chi connectivity index (χ1) is 7.80. The topological polar surface area (TPSA) is 63.4 Å². The quantitative estimate of drug-likeness (QED) is 0.887. The van der Waals surface area contributed by atoms with Crippen LogP contribution in [0.2, 0.25) is 0 Å². The summed E-state index contributed by atoms with van der Waals surface area (Å²) in [7, 11) is -1.81. The summed E-state index contributed by atoms with van der Waals surface area (Å²) < 4.78 is 25.9. The van der Waals surface area contributed by atoms with E-state index in [4.69, 9.17) is 5.73 Å². The van der Waals surface area contributed by atoms with Crippen LogP contribution in [0, 0.1) is 6.92 Å². The molecule has 0 bridgehead atoms. The number of aryl methyl sites for hydroxylation is 1. The monoisotopic (exact) mass is 256 g/mol. The Kier molecular flexibility index (Phi) is 4.30. The van der Waals surface area contributed by atoms with E-state index in [1.165, 1.54) is 4.31 Å². The van der Waals surface area contributed by atoms with Crippen LogP contribution < -0.4 is 5.73 Å². The van der Waals surface area contributed by atoms with Crippen molar-refractivity contribution in [2.45, 2.75) is 38.3 Å². The van der Waals surface area contributed by atoms with Crippen LogP contribution in [0.15, 0.2) is 23.1 Å². The van der Waals surface area contributed by atoms with Crippen molar-refractivity contribution >= 4 is 10.0 Å². The third kappa shape index (κ3) is 2.86. The molecule has 0 aliphatic heterocycles. The maximum atomic E-state index is 12.3. The molecule has 0 saturated carbocycles. The smallest absolute Gasteiger partial charge is 0.243 e. The van der Waals surface area contributed by atoms with E-state index in [2.05, 4.69) is 0 Å². The van der Waals surface area contributed by atoms with E-state index in [1.54, 1.807) is 26.1 Å². The number of hydrogen-bond acceptors (Lipinski definition) is 3. The third-order valence-electron chi connectivity index (χ3n) is 2.86. The van der Waals surface area contributed by atoms with Crippen molar-refractivity contribution < 1.29 is 8.42 Å². The minimum atomic E-state index is -3.40. The molecular formula is C12H20N2O2S. The molecule has 0 aliphatic carbocycles. The second-order valence-electron chi connectivity index (χ2n) is 4.42. The highest BCUT2D eigenvalue weighted by Gasteiger charge is 2.24. The molecule has 0 amide bonds. The molecule has 0 unspecified atom stereocenters. The summed E-state index contributed by atoms with van der Waals surface area (Å²) in [6.07, 6.45) is 0. The van der Waals surface area contributed by atoms with Crippen LogP contribution in [0.5, 0.6) is 0 Å². The van der Waals surface area contributed by atoms with Crippen LogP contribution in [-0.2, 0) is 16.6 Å². The second kappa shape index (κ2) is 5.16. The van der Waals surface area contributed by atoms with Crippen molar-refractivity contribution in [3.8, 4) is 0 Å². The summed E-state index contributed by atoms with van der Waals surface area (Å²) in [5.41, 5.74) is 7.20. The summed E-state index contributed by atoms with van der Waals surface area (Å²) in [5.74, 6) is 0. The van der Waals surface area contributed by atoms with E-state index in [0.29, 0.717) is 11.4 Å². The van der Waals surface area contributed by atoms with Gasteiger partial charge in [-0.3, -0.25) is 0 Å². The average molecular weight is 256 g/mol. The van der Waals surface area contributed by atoms with Crippen LogP contribution >= 0.6 is 0 Å². The third-order valence-corrected chi connectivity index (χ3v) is 5.05. The maximum absolute atomic E-state index is 12.3. The lowest BCUT2D eigenvalue weighted by Gasteiger charge is -2.22. The first-order valence-corrected chi connectivity index (χ1v) is 7.02. The number of nitrogens with zero attached hydrogens (tertiary/aromatic N) is 1. The van der Waals surface area contributed by atoms with Gasteiger partial charge in [0.2, 0.25) is 10.0 Å². The van der Waals surface area contributed by atoms with Gasteiger partial charge in [-0.15, -0.1) is 0 Å². The van der Waals surface area contributed by atoms with Gasteiger partial charge in [-0.2, -0.15) is 4.31 Å². The van der Waals surface area contributed by atoms with Gasteiger partial charge >= 0.3 is 0 Å². The fourth-order valence-electron chi connectivity index (χ4n) is 1.56. The maximum Gasteiger partial charge on any atom is 0.243 e. The summed E-state index contributed by atoms with van der Waals surface area (Å²) in [5, 5.41) is 0. The van der Waals surface area contributed by atoms with Crippen LogP contribution in [0.1, 0.15) is 25.0 Å². The van der Waals surface area contributed by atoms with Crippen LogP contribution in [0.25, 0.3) is 0 Å². The van der Waals surface area contributed by atoms with E-state index in [1.807, 2.05) is 19.9 Å². The molecule has 1 rings (SSSR count). The molecule has 5 heteroatoms. The molecule has 2 N–H and O–H groups in total.